The number of aromatic nitrogens is 2. The molecule has 2 saturated heterocycles. The van der Waals surface area contributed by atoms with Crippen molar-refractivity contribution in [1.29, 1.82) is 0 Å². The summed E-state index contributed by atoms with van der Waals surface area (Å²) in [5.74, 6) is 1.56. The Bertz CT molecular complexity index is 813. The fourth-order valence-electron chi connectivity index (χ4n) is 4.20. The largest absolute Gasteiger partial charge is 0.379 e. The van der Waals surface area contributed by atoms with E-state index in [-0.39, 0.29) is 5.56 Å². The Morgan fingerprint density at radius 1 is 1.15 bits per heavy atom. The van der Waals surface area contributed by atoms with Crippen molar-refractivity contribution in [1.82, 2.24) is 19.4 Å². The summed E-state index contributed by atoms with van der Waals surface area (Å²) in [5.41, 5.74) is 0.847. The summed E-state index contributed by atoms with van der Waals surface area (Å²) in [6, 6.07) is 7.62. The van der Waals surface area contributed by atoms with Gasteiger partial charge in [0.15, 0.2) is 0 Å². The molecule has 1 atom stereocenters. The molecule has 0 saturated carbocycles. The van der Waals surface area contributed by atoms with Crippen molar-refractivity contribution in [2.45, 2.75) is 19.4 Å². The molecule has 1 unspecified atom stereocenters. The van der Waals surface area contributed by atoms with Gasteiger partial charge in [0.2, 0.25) is 0 Å². The van der Waals surface area contributed by atoms with E-state index in [1.165, 1.54) is 12.8 Å². The van der Waals surface area contributed by atoms with E-state index in [0.717, 1.165) is 63.8 Å². The van der Waals surface area contributed by atoms with Gasteiger partial charge in [-0.05, 0) is 37.4 Å². The van der Waals surface area contributed by atoms with Crippen LogP contribution in [0.2, 0.25) is 0 Å². The lowest BCUT2D eigenvalue weighted by molar-refractivity contribution is 0.0222. The van der Waals surface area contributed by atoms with Gasteiger partial charge in [0, 0.05) is 33.2 Å². The van der Waals surface area contributed by atoms with Gasteiger partial charge in [-0.1, -0.05) is 12.1 Å². The molecule has 0 N–H and O–H groups in total. The first kappa shape index (κ1) is 17.6. The third kappa shape index (κ3) is 3.82. The van der Waals surface area contributed by atoms with Crippen molar-refractivity contribution in [3.63, 3.8) is 0 Å². The molecular formula is C20H28N4O2. The fourth-order valence-corrected chi connectivity index (χ4v) is 4.20. The highest BCUT2D eigenvalue weighted by atomic mass is 16.5. The highest BCUT2D eigenvalue weighted by Gasteiger charge is 2.24. The highest BCUT2D eigenvalue weighted by Crippen LogP contribution is 2.20. The molecule has 2 aromatic rings. The van der Waals surface area contributed by atoms with Gasteiger partial charge < -0.3 is 4.74 Å². The third-order valence-electron chi connectivity index (χ3n) is 5.66. The van der Waals surface area contributed by atoms with Crippen LogP contribution in [-0.2, 0) is 18.3 Å². The summed E-state index contributed by atoms with van der Waals surface area (Å²) in [4.78, 5) is 22.4. The summed E-state index contributed by atoms with van der Waals surface area (Å²) < 4.78 is 7.17. The van der Waals surface area contributed by atoms with Crippen LogP contribution >= 0.6 is 0 Å². The molecule has 0 aliphatic carbocycles. The molecule has 0 bridgehead atoms. The van der Waals surface area contributed by atoms with Gasteiger partial charge in [-0.3, -0.25) is 19.2 Å². The van der Waals surface area contributed by atoms with E-state index in [1.54, 1.807) is 4.57 Å². The third-order valence-corrected chi connectivity index (χ3v) is 5.66. The summed E-state index contributed by atoms with van der Waals surface area (Å²) in [7, 11) is 1.84. The van der Waals surface area contributed by atoms with Crippen molar-refractivity contribution in [2.24, 2.45) is 13.0 Å². The Morgan fingerprint density at radius 3 is 2.81 bits per heavy atom. The predicted molar refractivity (Wildman–Crippen MR) is 102 cm³/mol. The molecule has 0 spiro atoms. The maximum Gasteiger partial charge on any atom is 0.261 e. The van der Waals surface area contributed by atoms with Crippen LogP contribution in [0.15, 0.2) is 29.1 Å². The average Bonchev–Trinajstić information content (AvgIpc) is 2.67. The van der Waals surface area contributed by atoms with Crippen LogP contribution in [0.25, 0.3) is 10.9 Å². The lowest BCUT2D eigenvalue weighted by Crippen LogP contribution is -2.44. The van der Waals surface area contributed by atoms with Crippen molar-refractivity contribution in [3.8, 4) is 0 Å². The van der Waals surface area contributed by atoms with Crippen LogP contribution in [0, 0.1) is 5.92 Å². The van der Waals surface area contributed by atoms with Gasteiger partial charge in [-0.2, -0.15) is 0 Å². The molecule has 1 aromatic heterocycles. The van der Waals surface area contributed by atoms with Crippen LogP contribution < -0.4 is 5.56 Å². The normalized spacial score (nSPS) is 22.7. The number of morpholine rings is 1. The second kappa shape index (κ2) is 7.86. The zero-order chi connectivity index (χ0) is 17.9. The van der Waals surface area contributed by atoms with Crippen LogP contribution in [0.5, 0.6) is 0 Å². The number of para-hydroxylation sites is 1. The van der Waals surface area contributed by atoms with E-state index in [2.05, 4.69) is 9.80 Å². The van der Waals surface area contributed by atoms with E-state index >= 15 is 0 Å². The minimum absolute atomic E-state index is 0.0486. The Hall–Kier alpha value is -1.76. The minimum Gasteiger partial charge on any atom is -0.379 e. The van der Waals surface area contributed by atoms with E-state index in [4.69, 9.17) is 9.72 Å². The standard InChI is InChI=1S/C20H28N4O2/c1-22-19(21-18-7-3-2-6-17(18)20(22)25)15-24-8-4-5-16(14-24)13-23-9-11-26-12-10-23/h2-3,6-7,16H,4-5,8-15H2,1H3. The maximum absolute atomic E-state index is 12.6. The van der Waals surface area contributed by atoms with Crippen molar-refractivity contribution >= 4 is 10.9 Å². The average molecular weight is 356 g/mol. The number of rotatable bonds is 4. The molecule has 6 nitrogen and oxygen atoms in total. The fraction of sp³-hybridized carbons (Fsp3) is 0.600. The van der Waals surface area contributed by atoms with E-state index in [1.807, 2.05) is 31.3 Å². The SMILES string of the molecule is Cn1c(CN2CCCC(CN3CCOCC3)C2)nc2ccccc2c1=O. The molecule has 2 aliphatic heterocycles. The first-order valence-corrected chi connectivity index (χ1v) is 9.68. The number of piperidine rings is 1. The number of ether oxygens (including phenoxy) is 1. The Balaban J connectivity index is 1.45. The molecule has 4 rings (SSSR count). The summed E-state index contributed by atoms with van der Waals surface area (Å²) in [5, 5.41) is 0.697. The Kier molecular flexibility index (Phi) is 5.33. The van der Waals surface area contributed by atoms with Crippen LogP contribution in [0.1, 0.15) is 18.7 Å². The van der Waals surface area contributed by atoms with Gasteiger partial charge in [0.1, 0.15) is 5.82 Å². The topological polar surface area (TPSA) is 50.6 Å². The molecule has 2 aliphatic rings. The summed E-state index contributed by atoms with van der Waals surface area (Å²) >= 11 is 0. The molecule has 3 heterocycles. The van der Waals surface area contributed by atoms with Crippen molar-refractivity contribution < 1.29 is 4.74 Å². The summed E-state index contributed by atoms with van der Waals surface area (Å²) in [6.07, 6.45) is 2.51. The molecule has 0 amide bonds. The van der Waals surface area contributed by atoms with Gasteiger partial charge in [-0.25, -0.2) is 4.98 Å². The molecule has 6 heteroatoms. The van der Waals surface area contributed by atoms with E-state index in [9.17, 15) is 4.79 Å². The highest BCUT2D eigenvalue weighted by molar-refractivity contribution is 5.77. The smallest absolute Gasteiger partial charge is 0.261 e. The van der Waals surface area contributed by atoms with Crippen LogP contribution in [0.3, 0.4) is 0 Å². The molecule has 1 aromatic carbocycles. The van der Waals surface area contributed by atoms with E-state index < -0.39 is 0 Å². The van der Waals surface area contributed by atoms with Gasteiger partial charge in [0.25, 0.3) is 5.56 Å². The zero-order valence-corrected chi connectivity index (χ0v) is 15.6. The molecular weight excluding hydrogens is 328 g/mol. The Morgan fingerprint density at radius 2 is 1.96 bits per heavy atom. The number of hydrogen-bond acceptors (Lipinski definition) is 5. The number of likely N-dealkylation sites (tertiary alicyclic amines) is 1. The number of benzene rings is 1. The van der Waals surface area contributed by atoms with Gasteiger partial charge >= 0.3 is 0 Å². The van der Waals surface area contributed by atoms with Gasteiger partial charge in [0.05, 0.1) is 30.7 Å². The molecule has 2 fully saturated rings. The zero-order valence-electron chi connectivity index (χ0n) is 15.6. The van der Waals surface area contributed by atoms with Gasteiger partial charge in [-0.15, -0.1) is 0 Å². The number of nitrogens with zero attached hydrogens (tertiary/aromatic N) is 4. The Labute approximate surface area is 154 Å². The predicted octanol–water partition coefficient (Wildman–Crippen LogP) is 1.48. The molecule has 0 radical (unpaired) electrons. The number of fused-ring (bicyclic) bond motifs is 1. The lowest BCUT2D eigenvalue weighted by atomic mass is 9.97. The van der Waals surface area contributed by atoms with E-state index in [0.29, 0.717) is 11.3 Å². The van der Waals surface area contributed by atoms with Crippen molar-refractivity contribution in [3.05, 3.63) is 40.4 Å². The van der Waals surface area contributed by atoms with Crippen LogP contribution in [-0.4, -0.2) is 65.3 Å². The maximum atomic E-state index is 12.6. The monoisotopic (exact) mass is 356 g/mol. The van der Waals surface area contributed by atoms with Crippen LogP contribution in [0.4, 0.5) is 0 Å². The first-order valence-electron chi connectivity index (χ1n) is 9.68. The second-order valence-corrected chi connectivity index (χ2v) is 7.57. The number of hydrogen-bond donors (Lipinski definition) is 0. The second-order valence-electron chi connectivity index (χ2n) is 7.57. The van der Waals surface area contributed by atoms with Crippen molar-refractivity contribution in [2.75, 3.05) is 45.9 Å². The summed E-state index contributed by atoms with van der Waals surface area (Å²) in [6.45, 7) is 7.90. The minimum atomic E-state index is 0.0486. The lowest BCUT2D eigenvalue weighted by Gasteiger charge is -2.36. The first-order chi connectivity index (χ1) is 12.7. The quantitative estimate of drug-likeness (QED) is 0.831. The molecule has 26 heavy (non-hydrogen) atoms. The molecule has 140 valence electrons.